The molecular formula is C37H54O3. The van der Waals surface area contributed by atoms with E-state index in [2.05, 4.69) is 109 Å². The monoisotopic (exact) mass is 546 g/mol. The van der Waals surface area contributed by atoms with Crippen LogP contribution in [0.15, 0.2) is 42.5 Å². The molecule has 0 aliphatic carbocycles. The largest absolute Gasteiger partial charge is 0.507 e. The fraction of sp³-hybridized carbons (Fsp3) is 0.514. The lowest BCUT2D eigenvalue weighted by Crippen LogP contribution is -2.16. The third-order valence-corrected chi connectivity index (χ3v) is 7.32. The van der Waals surface area contributed by atoms with Crippen molar-refractivity contribution in [3.05, 3.63) is 87.0 Å². The van der Waals surface area contributed by atoms with Crippen LogP contribution in [0.2, 0.25) is 0 Å². The summed E-state index contributed by atoms with van der Waals surface area (Å²) < 4.78 is 0. The van der Waals surface area contributed by atoms with Gasteiger partial charge in [-0.1, -0.05) is 137 Å². The van der Waals surface area contributed by atoms with E-state index in [1.54, 1.807) is 0 Å². The first kappa shape index (κ1) is 33.3. The molecule has 0 unspecified atom stereocenters. The Hall–Kier alpha value is -2.94. The van der Waals surface area contributed by atoms with Crippen molar-refractivity contribution in [3.63, 3.8) is 0 Å². The zero-order valence-electron chi connectivity index (χ0n) is 27.6. The van der Waals surface area contributed by atoms with Crippen molar-refractivity contribution in [2.45, 2.75) is 125 Å². The molecule has 3 N–H and O–H groups in total. The highest BCUT2D eigenvalue weighted by Gasteiger charge is 2.25. The Morgan fingerprint density at radius 2 is 0.750 bits per heavy atom. The number of aryl methyl sites for hydroxylation is 2. The van der Waals surface area contributed by atoms with Crippen molar-refractivity contribution in [2.75, 3.05) is 0 Å². The van der Waals surface area contributed by atoms with E-state index in [4.69, 9.17) is 0 Å². The van der Waals surface area contributed by atoms with Crippen LogP contribution in [-0.2, 0) is 28.1 Å². The summed E-state index contributed by atoms with van der Waals surface area (Å²) >= 11 is 0. The molecule has 0 radical (unpaired) electrons. The molecule has 0 aromatic heterocycles. The summed E-state index contributed by atoms with van der Waals surface area (Å²) in [5, 5.41) is 31.9. The van der Waals surface area contributed by atoms with Crippen molar-refractivity contribution in [1.29, 1.82) is 0 Å². The lowest BCUT2D eigenvalue weighted by atomic mass is 9.80. The quantitative estimate of drug-likeness (QED) is 0.300. The van der Waals surface area contributed by atoms with Gasteiger partial charge >= 0.3 is 0 Å². The van der Waals surface area contributed by atoms with Gasteiger partial charge in [-0.15, -0.1) is 0 Å². The number of hydrogen-bond donors (Lipinski definition) is 3. The van der Waals surface area contributed by atoms with Gasteiger partial charge in [-0.3, -0.25) is 0 Å². The summed E-state index contributed by atoms with van der Waals surface area (Å²) in [4.78, 5) is 0. The Kier molecular flexibility index (Phi) is 9.57. The molecular weight excluding hydrogens is 492 g/mol. The van der Waals surface area contributed by atoms with Crippen molar-refractivity contribution in [1.82, 2.24) is 0 Å². The van der Waals surface area contributed by atoms with Crippen LogP contribution in [0.3, 0.4) is 0 Å². The van der Waals surface area contributed by atoms with Crippen molar-refractivity contribution >= 4 is 0 Å². The van der Waals surface area contributed by atoms with Crippen LogP contribution in [-0.4, -0.2) is 15.3 Å². The highest BCUT2D eigenvalue weighted by molar-refractivity contribution is 5.53. The average molecular weight is 547 g/mol. The molecule has 0 saturated carbocycles. The molecule has 0 fully saturated rings. The molecule has 0 aliphatic rings. The van der Waals surface area contributed by atoms with E-state index in [1.807, 2.05) is 30.3 Å². The first-order chi connectivity index (χ1) is 17.9. The van der Waals surface area contributed by atoms with Crippen LogP contribution >= 0.6 is 0 Å². The Labute approximate surface area is 244 Å². The van der Waals surface area contributed by atoms with E-state index in [0.29, 0.717) is 23.7 Å². The topological polar surface area (TPSA) is 60.7 Å². The number of para-hydroxylation sites is 1. The zero-order chi connectivity index (χ0) is 31.0. The van der Waals surface area contributed by atoms with Gasteiger partial charge in [-0.2, -0.15) is 0 Å². The summed E-state index contributed by atoms with van der Waals surface area (Å²) in [5.74, 6) is 1.14. The number of benzene rings is 3. The first-order valence-corrected chi connectivity index (χ1v) is 14.4. The van der Waals surface area contributed by atoms with Crippen molar-refractivity contribution in [3.8, 4) is 17.2 Å². The van der Waals surface area contributed by atoms with Gasteiger partial charge in [-0.25, -0.2) is 0 Å². The fourth-order valence-electron chi connectivity index (χ4n) is 5.08. The molecule has 0 amide bonds. The minimum atomic E-state index is -0.129. The zero-order valence-corrected chi connectivity index (χ0v) is 27.6. The Morgan fingerprint density at radius 3 is 1.02 bits per heavy atom. The Bertz CT molecular complexity index is 1230. The second-order valence-corrected chi connectivity index (χ2v) is 15.5. The van der Waals surface area contributed by atoms with Gasteiger partial charge in [0, 0.05) is 6.42 Å². The maximum atomic E-state index is 10.8. The van der Waals surface area contributed by atoms with Gasteiger partial charge in [-0.05, 0) is 68.9 Å². The summed E-state index contributed by atoms with van der Waals surface area (Å²) in [6.45, 7) is 29.4. The maximum absolute atomic E-state index is 10.8. The summed E-state index contributed by atoms with van der Waals surface area (Å²) in [5.41, 5.74) is 7.66. The molecule has 3 rings (SSSR count). The van der Waals surface area contributed by atoms with Crippen LogP contribution in [0.1, 0.15) is 128 Å². The molecule has 0 heterocycles. The first-order valence-electron chi connectivity index (χ1n) is 14.4. The summed E-state index contributed by atoms with van der Waals surface area (Å²) in [6.07, 6.45) is 0.521. The minimum Gasteiger partial charge on any atom is -0.507 e. The number of rotatable bonds is 2. The minimum absolute atomic E-state index is 0.00859. The molecule has 0 aliphatic heterocycles. The average Bonchev–Trinajstić information content (AvgIpc) is 2.75. The second kappa shape index (κ2) is 11.5. The smallest absolute Gasteiger partial charge is 0.123 e. The predicted octanol–water partition coefficient (Wildman–Crippen LogP) is 9.89. The van der Waals surface area contributed by atoms with Crippen LogP contribution in [0.25, 0.3) is 0 Å². The summed E-state index contributed by atoms with van der Waals surface area (Å²) in [6, 6.07) is 14.2. The molecule has 3 heteroatoms. The normalized spacial score (nSPS) is 12.7. The van der Waals surface area contributed by atoms with Gasteiger partial charge in [0.25, 0.3) is 0 Å². The predicted molar refractivity (Wildman–Crippen MR) is 171 cm³/mol. The number of phenols is 3. The molecule has 0 atom stereocenters. The van der Waals surface area contributed by atoms with E-state index in [-0.39, 0.29) is 21.7 Å². The van der Waals surface area contributed by atoms with Gasteiger partial charge in [0.1, 0.15) is 17.2 Å². The fourth-order valence-corrected chi connectivity index (χ4v) is 5.08. The van der Waals surface area contributed by atoms with E-state index < -0.39 is 0 Å². The van der Waals surface area contributed by atoms with Crippen LogP contribution in [0.4, 0.5) is 0 Å². The number of phenolic OH excluding ortho intramolecular Hbond substituents is 3. The van der Waals surface area contributed by atoms with Gasteiger partial charge in [0.2, 0.25) is 0 Å². The van der Waals surface area contributed by atoms with Crippen LogP contribution < -0.4 is 0 Å². The molecule has 0 spiro atoms. The Morgan fingerprint density at radius 1 is 0.450 bits per heavy atom. The highest BCUT2D eigenvalue weighted by Crippen LogP contribution is 2.40. The number of aromatic hydroxyl groups is 3. The second-order valence-electron chi connectivity index (χ2n) is 15.5. The summed E-state index contributed by atoms with van der Waals surface area (Å²) in [7, 11) is 0. The third-order valence-electron chi connectivity index (χ3n) is 7.32. The SMILES string of the molecule is CC(C)(C)c1cccc(C(C)(C)C)c1O.Cc1cc(Cc2cc(C)cc(C(C)(C)C)c2O)c(O)c(C(C)(C)C)c1. The third kappa shape index (κ3) is 8.05. The lowest BCUT2D eigenvalue weighted by Gasteiger charge is -2.26. The maximum Gasteiger partial charge on any atom is 0.123 e. The van der Waals surface area contributed by atoms with Gasteiger partial charge in [0.15, 0.2) is 0 Å². The van der Waals surface area contributed by atoms with E-state index >= 15 is 0 Å². The van der Waals surface area contributed by atoms with Crippen molar-refractivity contribution in [2.24, 2.45) is 0 Å². The van der Waals surface area contributed by atoms with Crippen molar-refractivity contribution < 1.29 is 15.3 Å². The molecule has 3 aromatic carbocycles. The molecule has 3 aromatic rings. The highest BCUT2D eigenvalue weighted by atomic mass is 16.3. The standard InChI is InChI=1S/C23H32O2.C14H22O/c1-14-9-16(20(24)18(11-14)22(3,4)5)13-17-10-15(2)12-19(21(17)25)23(6,7)8;1-13(2,3)10-8-7-9-11(12(10)15)14(4,5)6/h9-12,24-25H,13H2,1-8H3;7-9,15H,1-6H3. The molecule has 40 heavy (non-hydrogen) atoms. The number of hydrogen-bond acceptors (Lipinski definition) is 3. The van der Waals surface area contributed by atoms with Crippen LogP contribution in [0.5, 0.6) is 17.2 Å². The van der Waals surface area contributed by atoms with E-state index in [0.717, 1.165) is 44.5 Å². The van der Waals surface area contributed by atoms with Gasteiger partial charge in [0.05, 0.1) is 0 Å². The van der Waals surface area contributed by atoms with E-state index in [9.17, 15) is 15.3 Å². The van der Waals surface area contributed by atoms with Crippen LogP contribution in [0, 0.1) is 13.8 Å². The Balaban J connectivity index is 0.000000319. The van der Waals surface area contributed by atoms with E-state index in [1.165, 1.54) is 0 Å². The molecule has 0 saturated heterocycles. The lowest BCUT2D eigenvalue weighted by molar-refractivity contribution is 0.423. The van der Waals surface area contributed by atoms with Gasteiger partial charge < -0.3 is 15.3 Å². The molecule has 220 valence electrons. The molecule has 3 nitrogen and oxygen atoms in total. The molecule has 0 bridgehead atoms.